The van der Waals surface area contributed by atoms with Gasteiger partial charge >= 0.3 is 0 Å². The maximum absolute atomic E-state index is 13.1. The molecule has 0 radical (unpaired) electrons. The van der Waals surface area contributed by atoms with E-state index in [-0.39, 0.29) is 52.8 Å². The van der Waals surface area contributed by atoms with E-state index in [4.69, 9.17) is 0 Å². The number of carbonyl (C=O) groups excluding carboxylic acids is 2. The summed E-state index contributed by atoms with van der Waals surface area (Å²) in [4.78, 5) is 25.8. The Morgan fingerprint density at radius 2 is 1.74 bits per heavy atom. The van der Waals surface area contributed by atoms with Crippen LogP contribution < -0.4 is 10.6 Å². The fourth-order valence-electron chi connectivity index (χ4n) is 6.49. The summed E-state index contributed by atoms with van der Waals surface area (Å²) in [5.74, 6) is -0.881. The van der Waals surface area contributed by atoms with Crippen LogP contribution in [0.1, 0.15) is 62.4 Å². The number of aliphatic hydroxyl groups is 1. The summed E-state index contributed by atoms with van der Waals surface area (Å²) in [7, 11) is 0. The molecule has 0 aromatic heterocycles. The first-order valence-electron chi connectivity index (χ1n) is 12.8. The number of fused-ring (bicyclic) bond motifs is 1. The van der Waals surface area contributed by atoms with Crippen molar-refractivity contribution in [2.45, 2.75) is 65.1 Å². The number of carbonyl (C=O) groups is 2. The molecule has 35 heavy (non-hydrogen) atoms. The smallest absolute Gasteiger partial charge is 0.251 e. The van der Waals surface area contributed by atoms with Gasteiger partial charge in [0.15, 0.2) is 0 Å². The molecule has 0 bridgehead atoms. The molecule has 2 aliphatic carbocycles. The third-order valence-corrected chi connectivity index (χ3v) is 8.68. The van der Waals surface area contributed by atoms with Crippen LogP contribution in [0.4, 0.5) is 4.39 Å². The average molecular weight is 481 g/mol. The largest absolute Gasteiger partial charge is 0.392 e. The number of hydrogen-bond donors (Lipinski definition) is 3. The third kappa shape index (κ3) is 5.43. The van der Waals surface area contributed by atoms with Crippen molar-refractivity contribution >= 4 is 11.8 Å². The molecular weight excluding hydrogens is 443 g/mol. The molecule has 2 aliphatic rings. The van der Waals surface area contributed by atoms with Gasteiger partial charge in [0.2, 0.25) is 5.91 Å². The first-order chi connectivity index (χ1) is 16.7. The first kappa shape index (κ1) is 25.4. The maximum atomic E-state index is 13.1. The van der Waals surface area contributed by atoms with Gasteiger partial charge in [0.05, 0.1) is 6.10 Å². The van der Waals surface area contributed by atoms with Crippen molar-refractivity contribution in [1.29, 1.82) is 0 Å². The van der Waals surface area contributed by atoms with E-state index in [1.54, 1.807) is 12.1 Å². The van der Waals surface area contributed by atoms with Gasteiger partial charge in [-0.15, -0.1) is 0 Å². The zero-order valence-electron chi connectivity index (χ0n) is 20.8. The van der Waals surface area contributed by atoms with E-state index in [0.717, 1.165) is 31.2 Å². The SMILES string of the molecule is C[C@H]1[C@@H]2[C@@H](O)C([C@H](C)C(=O)NCc3ccc(F)cc3)CC[C@@]2(C)CC[C@@H]1NC(=O)c1ccccc1. The number of amides is 2. The number of rotatable bonds is 6. The Balaban J connectivity index is 1.41. The quantitative estimate of drug-likeness (QED) is 0.561. The maximum Gasteiger partial charge on any atom is 0.251 e. The lowest BCUT2D eigenvalue weighted by molar-refractivity contribution is -0.142. The minimum atomic E-state index is -0.619. The monoisotopic (exact) mass is 480 g/mol. The summed E-state index contributed by atoms with van der Waals surface area (Å²) in [5.41, 5.74) is 1.47. The molecule has 2 saturated carbocycles. The molecule has 0 spiro atoms. The fraction of sp³-hybridized carbons (Fsp3) is 0.517. The number of benzene rings is 2. The molecule has 3 N–H and O–H groups in total. The Hall–Kier alpha value is -2.73. The predicted molar refractivity (Wildman–Crippen MR) is 134 cm³/mol. The molecule has 5 nitrogen and oxygen atoms in total. The highest BCUT2D eigenvalue weighted by Gasteiger charge is 2.53. The number of nitrogens with one attached hydrogen (secondary N) is 2. The highest BCUT2D eigenvalue weighted by molar-refractivity contribution is 5.94. The van der Waals surface area contributed by atoms with Crippen LogP contribution in [0.3, 0.4) is 0 Å². The summed E-state index contributed by atoms with van der Waals surface area (Å²) < 4.78 is 13.1. The second kappa shape index (κ2) is 10.5. The Kier molecular flexibility index (Phi) is 7.60. The Morgan fingerprint density at radius 3 is 2.43 bits per heavy atom. The molecule has 4 rings (SSSR count). The van der Waals surface area contributed by atoms with E-state index in [2.05, 4.69) is 24.5 Å². The van der Waals surface area contributed by atoms with E-state index in [9.17, 15) is 19.1 Å². The highest BCUT2D eigenvalue weighted by Crippen LogP contribution is 2.55. The lowest BCUT2D eigenvalue weighted by Crippen LogP contribution is -2.58. The summed E-state index contributed by atoms with van der Waals surface area (Å²) in [6.07, 6.45) is 2.96. The number of halogens is 1. The zero-order valence-corrected chi connectivity index (χ0v) is 20.8. The summed E-state index contributed by atoms with van der Waals surface area (Å²) in [6.45, 7) is 6.60. The van der Waals surface area contributed by atoms with Crippen LogP contribution in [0.2, 0.25) is 0 Å². The molecular formula is C29H37FN2O3. The van der Waals surface area contributed by atoms with Gasteiger partial charge in [-0.05, 0) is 78.7 Å². The summed E-state index contributed by atoms with van der Waals surface area (Å²) in [6, 6.07) is 15.3. The fourth-order valence-corrected chi connectivity index (χ4v) is 6.49. The normalized spacial score (nSPS) is 31.2. The van der Waals surface area contributed by atoms with E-state index in [0.29, 0.717) is 12.1 Å². The van der Waals surface area contributed by atoms with Gasteiger partial charge in [0, 0.05) is 24.1 Å². The topological polar surface area (TPSA) is 78.4 Å². The van der Waals surface area contributed by atoms with Crippen LogP contribution in [0.5, 0.6) is 0 Å². The van der Waals surface area contributed by atoms with Gasteiger partial charge < -0.3 is 15.7 Å². The van der Waals surface area contributed by atoms with Gasteiger partial charge in [-0.2, -0.15) is 0 Å². The van der Waals surface area contributed by atoms with Crippen LogP contribution >= 0.6 is 0 Å². The average Bonchev–Trinajstić information content (AvgIpc) is 2.85. The first-order valence-corrected chi connectivity index (χ1v) is 12.8. The highest BCUT2D eigenvalue weighted by atomic mass is 19.1. The minimum absolute atomic E-state index is 0.00317. The van der Waals surface area contributed by atoms with Crippen LogP contribution in [0.25, 0.3) is 0 Å². The summed E-state index contributed by atoms with van der Waals surface area (Å²) >= 11 is 0. The molecule has 0 heterocycles. The van der Waals surface area contributed by atoms with Gasteiger partial charge in [-0.3, -0.25) is 9.59 Å². The van der Waals surface area contributed by atoms with E-state index in [1.807, 2.05) is 37.3 Å². The van der Waals surface area contributed by atoms with Gasteiger partial charge in [-0.25, -0.2) is 4.39 Å². The minimum Gasteiger partial charge on any atom is -0.392 e. The molecule has 7 atom stereocenters. The van der Waals surface area contributed by atoms with Crippen molar-refractivity contribution in [2.24, 2.45) is 29.1 Å². The van der Waals surface area contributed by atoms with Crippen molar-refractivity contribution in [2.75, 3.05) is 0 Å². The second-order valence-corrected chi connectivity index (χ2v) is 10.8. The number of aliphatic hydroxyl groups excluding tert-OH is 1. The van der Waals surface area contributed by atoms with E-state index < -0.39 is 6.10 Å². The van der Waals surface area contributed by atoms with Gasteiger partial charge in [0.25, 0.3) is 5.91 Å². The summed E-state index contributed by atoms with van der Waals surface area (Å²) in [5, 5.41) is 17.7. The van der Waals surface area contributed by atoms with Crippen LogP contribution in [0, 0.1) is 34.9 Å². The van der Waals surface area contributed by atoms with Crippen LogP contribution in [-0.2, 0) is 11.3 Å². The van der Waals surface area contributed by atoms with Crippen molar-refractivity contribution in [1.82, 2.24) is 10.6 Å². The number of hydrogen-bond acceptors (Lipinski definition) is 3. The van der Waals surface area contributed by atoms with Crippen molar-refractivity contribution < 1.29 is 19.1 Å². The molecule has 1 unspecified atom stereocenters. The standard InChI is InChI=1S/C29H37FN2O3/c1-18(27(34)31-17-20-9-11-22(30)12-10-20)23-13-15-29(3)16-14-24(19(2)25(29)26(23)33)32-28(35)21-7-5-4-6-8-21/h4-12,18-19,23-26,33H,13-17H2,1-3H3,(H,31,34)(H,32,35)/t18-,19+,23?,24-,25+,26-,29-/m0/s1. The molecule has 0 saturated heterocycles. The molecule has 2 aromatic rings. The van der Waals surface area contributed by atoms with Crippen LogP contribution in [-0.4, -0.2) is 29.1 Å². The molecule has 6 heteroatoms. The van der Waals surface area contributed by atoms with E-state index >= 15 is 0 Å². The van der Waals surface area contributed by atoms with Crippen LogP contribution in [0.15, 0.2) is 54.6 Å². The Morgan fingerprint density at radius 1 is 1.09 bits per heavy atom. The van der Waals surface area contributed by atoms with Gasteiger partial charge in [0.1, 0.15) is 5.82 Å². The molecule has 188 valence electrons. The molecule has 2 fully saturated rings. The Labute approximate surface area is 207 Å². The van der Waals surface area contributed by atoms with Crippen molar-refractivity contribution in [3.8, 4) is 0 Å². The van der Waals surface area contributed by atoms with Crippen molar-refractivity contribution in [3.05, 3.63) is 71.5 Å². The predicted octanol–water partition coefficient (Wildman–Crippen LogP) is 4.70. The third-order valence-electron chi connectivity index (χ3n) is 8.68. The lowest BCUT2D eigenvalue weighted by Gasteiger charge is -2.56. The van der Waals surface area contributed by atoms with Crippen molar-refractivity contribution in [3.63, 3.8) is 0 Å². The zero-order chi connectivity index (χ0) is 25.2. The van der Waals surface area contributed by atoms with E-state index in [1.165, 1.54) is 12.1 Å². The molecule has 2 aromatic carbocycles. The second-order valence-electron chi connectivity index (χ2n) is 10.8. The molecule has 2 amide bonds. The van der Waals surface area contributed by atoms with Gasteiger partial charge in [-0.1, -0.05) is 51.1 Å². The lowest BCUT2D eigenvalue weighted by atomic mass is 9.51. The molecule has 0 aliphatic heterocycles. The Bertz CT molecular complexity index is 1030.